The summed E-state index contributed by atoms with van der Waals surface area (Å²) in [5.41, 5.74) is 6.79. The lowest BCUT2D eigenvalue weighted by Gasteiger charge is -2.24. The quantitative estimate of drug-likeness (QED) is 0.607. The third kappa shape index (κ3) is 4.91. The number of rotatable bonds is 7. The molecule has 0 spiro atoms. The third-order valence-electron chi connectivity index (χ3n) is 3.23. The molecule has 19 heavy (non-hydrogen) atoms. The first-order valence-corrected chi connectivity index (χ1v) is 6.89. The van der Waals surface area contributed by atoms with Crippen LogP contribution in [0.4, 0.5) is 5.69 Å². The summed E-state index contributed by atoms with van der Waals surface area (Å²) >= 11 is 0. The number of nitrogens with zero attached hydrogens (tertiary/aromatic N) is 1. The molecule has 1 aromatic carbocycles. The molecule has 0 fully saturated rings. The van der Waals surface area contributed by atoms with E-state index in [4.69, 9.17) is 10.5 Å². The third-order valence-corrected chi connectivity index (χ3v) is 3.23. The second-order valence-electron chi connectivity index (χ2n) is 4.54. The van der Waals surface area contributed by atoms with Crippen LogP contribution in [0.1, 0.15) is 37.6 Å². The van der Waals surface area contributed by atoms with E-state index in [2.05, 4.69) is 18.7 Å². The summed E-state index contributed by atoms with van der Waals surface area (Å²) in [7, 11) is 0. The first-order valence-electron chi connectivity index (χ1n) is 6.89. The molecule has 1 unspecified atom stereocenters. The van der Waals surface area contributed by atoms with Crippen LogP contribution in [-0.4, -0.2) is 36.6 Å². The van der Waals surface area contributed by atoms with Gasteiger partial charge in [0, 0.05) is 12.2 Å². The topological polar surface area (TPSA) is 55.6 Å². The van der Waals surface area contributed by atoms with Crippen molar-refractivity contribution in [2.75, 3.05) is 25.4 Å². The number of anilines is 1. The maximum atomic E-state index is 12.0. The van der Waals surface area contributed by atoms with Crippen LogP contribution in [-0.2, 0) is 4.74 Å². The molecule has 0 aliphatic carbocycles. The summed E-state index contributed by atoms with van der Waals surface area (Å²) in [5.74, 6) is -0.279. The largest absolute Gasteiger partial charge is 0.457 e. The van der Waals surface area contributed by atoms with E-state index in [0.29, 0.717) is 11.3 Å². The lowest BCUT2D eigenvalue weighted by Crippen LogP contribution is -2.34. The molecule has 1 rings (SSSR count). The molecule has 0 amide bonds. The number of esters is 1. The molecule has 0 aromatic heterocycles. The lowest BCUT2D eigenvalue weighted by atomic mass is 10.2. The Kier molecular flexibility index (Phi) is 6.36. The van der Waals surface area contributed by atoms with Crippen LogP contribution >= 0.6 is 0 Å². The Morgan fingerprint density at radius 2 is 1.79 bits per heavy atom. The molecule has 0 aliphatic rings. The number of nitrogens with two attached hydrogens (primary N) is 1. The molecule has 1 aromatic rings. The minimum absolute atomic E-state index is 0.0649. The Labute approximate surface area is 115 Å². The molecule has 1 atom stereocenters. The number of hydrogen-bond donors (Lipinski definition) is 1. The summed E-state index contributed by atoms with van der Waals surface area (Å²) in [6, 6.07) is 6.81. The number of hydrogen-bond acceptors (Lipinski definition) is 4. The fourth-order valence-corrected chi connectivity index (χ4v) is 1.86. The molecule has 4 nitrogen and oxygen atoms in total. The van der Waals surface area contributed by atoms with Gasteiger partial charge in [0.15, 0.2) is 0 Å². The van der Waals surface area contributed by atoms with Gasteiger partial charge >= 0.3 is 5.97 Å². The summed E-state index contributed by atoms with van der Waals surface area (Å²) < 4.78 is 5.54. The Morgan fingerprint density at radius 1 is 1.21 bits per heavy atom. The van der Waals surface area contributed by atoms with Gasteiger partial charge in [0.2, 0.25) is 0 Å². The molecular formula is C15H24N2O2. The fourth-order valence-electron chi connectivity index (χ4n) is 1.86. The monoisotopic (exact) mass is 264 g/mol. The van der Waals surface area contributed by atoms with Crippen molar-refractivity contribution in [1.82, 2.24) is 4.90 Å². The van der Waals surface area contributed by atoms with E-state index < -0.39 is 0 Å². The van der Waals surface area contributed by atoms with E-state index in [9.17, 15) is 4.79 Å². The van der Waals surface area contributed by atoms with Crippen molar-refractivity contribution >= 4 is 11.7 Å². The van der Waals surface area contributed by atoms with Crippen molar-refractivity contribution in [3.8, 4) is 0 Å². The maximum Gasteiger partial charge on any atom is 0.338 e. The number of likely N-dealkylation sites (N-methyl/N-ethyl adjacent to an activating group) is 1. The smallest absolute Gasteiger partial charge is 0.338 e. The van der Waals surface area contributed by atoms with Crippen LogP contribution in [0.25, 0.3) is 0 Å². The highest BCUT2D eigenvalue weighted by Crippen LogP contribution is 2.10. The zero-order valence-corrected chi connectivity index (χ0v) is 12.1. The Balaban J connectivity index is 2.60. The first-order chi connectivity index (χ1) is 9.10. The molecule has 4 heteroatoms. The van der Waals surface area contributed by atoms with Gasteiger partial charge in [-0.05, 0) is 43.8 Å². The summed E-state index contributed by atoms with van der Waals surface area (Å²) in [4.78, 5) is 14.3. The van der Waals surface area contributed by atoms with Gasteiger partial charge in [0.05, 0.1) is 5.56 Å². The average molecular weight is 264 g/mol. The molecule has 106 valence electrons. The van der Waals surface area contributed by atoms with Crippen molar-refractivity contribution in [3.63, 3.8) is 0 Å². The van der Waals surface area contributed by atoms with Gasteiger partial charge in [0.1, 0.15) is 6.10 Å². The highest BCUT2D eigenvalue weighted by atomic mass is 16.5. The zero-order chi connectivity index (χ0) is 14.3. The highest BCUT2D eigenvalue weighted by molar-refractivity contribution is 5.89. The first kappa shape index (κ1) is 15.5. The molecule has 0 saturated carbocycles. The van der Waals surface area contributed by atoms with Crippen molar-refractivity contribution in [2.24, 2.45) is 0 Å². The number of benzene rings is 1. The Bertz CT molecular complexity index is 386. The van der Waals surface area contributed by atoms with E-state index in [0.717, 1.165) is 26.1 Å². The number of nitrogen functional groups attached to an aromatic ring is 1. The van der Waals surface area contributed by atoms with E-state index in [1.165, 1.54) is 0 Å². The van der Waals surface area contributed by atoms with Crippen LogP contribution in [0, 0.1) is 0 Å². The minimum atomic E-state index is -0.279. The molecule has 0 radical (unpaired) electrons. The van der Waals surface area contributed by atoms with Crippen LogP contribution in [0.15, 0.2) is 24.3 Å². The van der Waals surface area contributed by atoms with Gasteiger partial charge in [-0.3, -0.25) is 0 Å². The number of ether oxygens (including phenoxy) is 1. The van der Waals surface area contributed by atoms with E-state index in [1.54, 1.807) is 24.3 Å². The van der Waals surface area contributed by atoms with Gasteiger partial charge in [-0.1, -0.05) is 20.8 Å². The molecule has 2 N–H and O–H groups in total. The molecule has 0 aliphatic heterocycles. The number of carbonyl (C=O) groups is 1. The van der Waals surface area contributed by atoms with Gasteiger partial charge in [-0.2, -0.15) is 0 Å². The van der Waals surface area contributed by atoms with Crippen LogP contribution in [0.2, 0.25) is 0 Å². The van der Waals surface area contributed by atoms with Gasteiger partial charge < -0.3 is 15.4 Å². The van der Waals surface area contributed by atoms with E-state index >= 15 is 0 Å². The summed E-state index contributed by atoms with van der Waals surface area (Å²) in [5, 5.41) is 0. The van der Waals surface area contributed by atoms with Gasteiger partial charge in [-0.25, -0.2) is 4.79 Å². The molecular weight excluding hydrogens is 240 g/mol. The SMILES string of the molecule is CCC(CN(CC)CC)OC(=O)c1ccc(N)cc1. The van der Waals surface area contributed by atoms with Crippen LogP contribution < -0.4 is 5.73 Å². The molecule has 0 saturated heterocycles. The highest BCUT2D eigenvalue weighted by Gasteiger charge is 2.16. The average Bonchev–Trinajstić information content (AvgIpc) is 2.43. The predicted molar refractivity (Wildman–Crippen MR) is 78.1 cm³/mol. The van der Waals surface area contributed by atoms with E-state index in [-0.39, 0.29) is 12.1 Å². The second kappa shape index (κ2) is 7.79. The van der Waals surface area contributed by atoms with Crippen molar-refractivity contribution in [2.45, 2.75) is 33.3 Å². The van der Waals surface area contributed by atoms with Crippen LogP contribution in [0.5, 0.6) is 0 Å². The Hall–Kier alpha value is -1.55. The van der Waals surface area contributed by atoms with Crippen molar-refractivity contribution in [3.05, 3.63) is 29.8 Å². The van der Waals surface area contributed by atoms with E-state index in [1.807, 2.05) is 6.92 Å². The summed E-state index contributed by atoms with van der Waals surface area (Å²) in [6.45, 7) is 8.96. The molecule has 0 heterocycles. The predicted octanol–water partition coefficient (Wildman–Crippen LogP) is 2.55. The van der Waals surface area contributed by atoms with Crippen LogP contribution in [0.3, 0.4) is 0 Å². The second-order valence-corrected chi connectivity index (χ2v) is 4.54. The van der Waals surface area contributed by atoms with Gasteiger partial charge in [-0.15, -0.1) is 0 Å². The van der Waals surface area contributed by atoms with Crippen molar-refractivity contribution < 1.29 is 9.53 Å². The lowest BCUT2D eigenvalue weighted by molar-refractivity contribution is 0.0201. The van der Waals surface area contributed by atoms with Gasteiger partial charge in [0.25, 0.3) is 0 Å². The maximum absolute atomic E-state index is 12.0. The van der Waals surface area contributed by atoms with Crippen molar-refractivity contribution in [1.29, 1.82) is 0 Å². The number of carbonyl (C=O) groups excluding carboxylic acids is 1. The molecule has 0 bridgehead atoms. The Morgan fingerprint density at radius 3 is 2.26 bits per heavy atom. The fraction of sp³-hybridized carbons (Fsp3) is 0.533. The standard InChI is InChI=1S/C15H24N2O2/c1-4-14(11-17(5-2)6-3)19-15(18)12-7-9-13(16)10-8-12/h7-10,14H,4-6,11,16H2,1-3H3. The summed E-state index contributed by atoms with van der Waals surface area (Å²) in [6.07, 6.45) is 0.752. The zero-order valence-electron chi connectivity index (χ0n) is 12.1. The minimum Gasteiger partial charge on any atom is -0.457 e. The normalized spacial score (nSPS) is 12.4.